The predicted octanol–water partition coefficient (Wildman–Crippen LogP) is 1.38. The van der Waals surface area contributed by atoms with Gasteiger partial charge in [-0.3, -0.25) is 0 Å². The molecule has 0 aromatic carbocycles. The standard InChI is InChI=1S/C18H28N6O5/c1-4-8-28-18(25)20-7-5-6-11-14-15(19)21-10-22-16(14)24(23-11)13-9-12(26-2)17(27-3)29-13/h10,12-13,17H,4-9H2,1-3H3,(H,20,25)(H2,19,21,22). The largest absolute Gasteiger partial charge is 0.450 e. The van der Waals surface area contributed by atoms with Crippen LogP contribution in [0, 0.1) is 0 Å². The monoisotopic (exact) mass is 408 g/mol. The highest BCUT2D eigenvalue weighted by Gasteiger charge is 2.38. The molecule has 11 nitrogen and oxygen atoms in total. The van der Waals surface area contributed by atoms with Crippen molar-refractivity contribution in [3.8, 4) is 0 Å². The van der Waals surface area contributed by atoms with Crippen molar-refractivity contribution >= 4 is 22.9 Å². The molecular formula is C18H28N6O5. The minimum atomic E-state index is -0.481. The summed E-state index contributed by atoms with van der Waals surface area (Å²) in [6.45, 7) is 2.81. The summed E-state index contributed by atoms with van der Waals surface area (Å²) in [5.74, 6) is 0.358. The highest BCUT2D eigenvalue weighted by atomic mass is 16.7. The third-order valence-electron chi connectivity index (χ3n) is 4.72. The molecular weight excluding hydrogens is 380 g/mol. The molecule has 160 valence electrons. The van der Waals surface area contributed by atoms with Crippen LogP contribution in [0.5, 0.6) is 0 Å². The molecule has 3 atom stereocenters. The maximum absolute atomic E-state index is 11.5. The lowest BCUT2D eigenvalue weighted by atomic mass is 10.2. The van der Waals surface area contributed by atoms with E-state index in [2.05, 4.69) is 15.3 Å². The van der Waals surface area contributed by atoms with Gasteiger partial charge >= 0.3 is 6.09 Å². The Morgan fingerprint density at radius 3 is 2.90 bits per heavy atom. The Balaban J connectivity index is 1.73. The Morgan fingerprint density at radius 1 is 1.38 bits per heavy atom. The topological polar surface area (TPSA) is 136 Å². The molecule has 0 bridgehead atoms. The number of nitrogens with one attached hydrogen (secondary N) is 1. The summed E-state index contributed by atoms with van der Waals surface area (Å²) in [5.41, 5.74) is 7.45. The number of methoxy groups -OCH3 is 2. The first-order valence-electron chi connectivity index (χ1n) is 9.68. The number of aromatic nitrogens is 4. The van der Waals surface area contributed by atoms with Crippen LogP contribution in [0.4, 0.5) is 10.6 Å². The van der Waals surface area contributed by atoms with Crippen LogP contribution >= 0.6 is 0 Å². The number of carbonyl (C=O) groups is 1. The fourth-order valence-corrected chi connectivity index (χ4v) is 3.32. The van der Waals surface area contributed by atoms with Crippen molar-refractivity contribution in [3.05, 3.63) is 12.0 Å². The van der Waals surface area contributed by atoms with Crippen molar-refractivity contribution < 1.29 is 23.7 Å². The van der Waals surface area contributed by atoms with E-state index in [4.69, 9.17) is 29.8 Å². The number of nitrogens with zero attached hydrogens (tertiary/aromatic N) is 4. The van der Waals surface area contributed by atoms with Gasteiger partial charge in [-0.05, 0) is 19.3 Å². The molecule has 1 saturated heterocycles. The first-order chi connectivity index (χ1) is 14.1. The van der Waals surface area contributed by atoms with Crippen LogP contribution in [0.1, 0.15) is 38.1 Å². The van der Waals surface area contributed by atoms with E-state index in [0.29, 0.717) is 49.3 Å². The summed E-state index contributed by atoms with van der Waals surface area (Å²) >= 11 is 0. The summed E-state index contributed by atoms with van der Waals surface area (Å²) in [4.78, 5) is 20.0. The molecule has 0 saturated carbocycles. The van der Waals surface area contributed by atoms with E-state index in [1.807, 2.05) is 6.92 Å². The lowest BCUT2D eigenvalue weighted by Crippen LogP contribution is -2.25. The SMILES string of the molecule is CCCOC(=O)NCCCc1nn(C2CC(OC)C(OC)O2)c2ncnc(N)c12. The second-order valence-corrected chi connectivity index (χ2v) is 6.72. The Bertz CT molecular complexity index is 816. The zero-order valence-corrected chi connectivity index (χ0v) is 17.0. The number of fused-ring (bicyclic) bond motifs is 1. The van der Waals surface area contributed by atoms with E-state index in [9.17, 15) is 4.79 Å². The number of ether oxygens (including phenoxy) is 4. The van der Waals surface area contributed by atoms with E-state index in [1.54, 1.807) is 18.9 Å². The van der Waals surface area contributed by atoms with Gasteiger partial charge in [0.15, 0.2) is 18.2 Å². The van der Waals surface area contributed by atoms with Gasteiger partial charge in [0, 0.05) is 27.2 Å². The third-order valence-corrected chi connectivity index (χ3v) is 4.72. The molecule has 3 N–H and O–H groups in total. The van der Waals surface area contributed by atoms with Gasteiger partial charge in [0.2, 0.25) is 0 Å². The molecule has 0 aliphatic carbocycles. The number of nitrogens with two attached hydrogens (primary N) is 1. The molecule has 1 aliphatic rings. The molecule has 1 aliphatic heterocycles. The van der Waals surface area contributed by atoms with Gasteiger partial charge in [-0.1, -0.05) is 6.92 Å². The minimum Gasteiger partial charge on any atom is -0.450 e. The van der Waals surface area contributed by atoms with Crippen molar-refractivity contribution in [2.45, 2.75) is 51.2 Å². The smallest absolute Gasteiger partial charge is 0.407 e. The van der Waals surface area contributed by atoms with Gasteiger partial charge in [0.05, 0.1) is 17.7 Å². The van der Waals surface area contributed by atoms with Gasteiger partial charge in [0.25, 0.3) is 0 Å². The number of alkyl carbamates (subject to hydrolysis) is 1. The van der Waals surface area contributed by atoms with E-state index in [0.717, 1.165) is 12.1 Å². The summed E-state index contributed by atoms with van der Waals surface area (Å²) < 4.78 is 23.4. The zero-order valence-electron chi connectivity index (χ0n) is 17.0. The summed E-state index contributed by atoms with van der Waals surface area (Å²) in [6, 6.07) is 0. The molecule has 0 radical (unpaired) electrons. The Kier molecular flexibility index (Phi) is 7.18. The predicted molar refractivity (Wildman–Crippen MR) is 104 cm³/mol. The number of nitrogen functional groups attached to an aromatic ring is 1. The van der Waals surface area contributed by atoms with Crippen LogP contribution in [0.15, 0.2) is 6.33 Å². The van der Waals surface area contributed by atoms with Crippen LogP contribution in [-0.2, 0) is 25.4 Å². The van der Waals surface area contributed by atoms with Crippen LogP contribution in [-0.4, -0.2) is 65.6 Å². The maximum Gasteiger partial charge on any atom is 0.407 e. The first-order valence-corrected chi connectivity index (χ1v) is 9.68. The van der Waals surface area contributed by atoms with Gasteiger partial charge in [-0.15, -0.1) is 0 Å². The third kappa shape index (κ3) is 4.74. The fraction of sp³-hybridized carbons (Fsp3) is 0.667. The second-order valence-electron chi connectivity index (χ2n) is 6.72. The molecule has 1 amide bonds. The minimum absolute atomic E-state index is 0.204. The molecule has 0 spiro atoms. The van der Waals surface area contributed by atoms with Crippen molar-refractivity contribution in [2.75, 3.05) is 33.1 Å². The molecule has 3 rings (SSSR count). The number of rotatable bonds is 9. The number of hydrogen-bond donors (Lipinski definition) is 2. The van der Waals surface area contributed by atoms with Gasteiger partial charge in [-0.25, -0.2) is 19.4 Å². The van der Waals surface area contributed by atoms with Crippen molar-refractivity contribution in [3.63, 3.8) is 0 Å². The quantitative estimate of drug-likeness (QED) is 0.590. The highest BCUT2D eigenvalue weighted by Crippen LogP contribution is 2.34. The molecule has 11 heteroatoms. The van der Waals surface area contributed by atoms with E-state index in [-0.39, 0.29) is 6.10 Å². The van der Waals surface area contributed by atoms with Crippen molar-refractivity contribution in [1.82, 2.24) is 25.1 Å². The van der Waals surface area contributed by atoms with Gasteiger partial charge in [-0.2, -0.15) is 5.10 Å². The Hall–Kier alpha value is -2.50. The molecule has 2 aromatic heterocycles. The maximum atomic E-state index is 11.5. The lowest BCUT2D eigenvalue weighted by Gasteiger charge is -2.14. The molecule has 29 heavy (non-hydrogen) atoms. The first kappa shape index (κ1) is 21.2. The molecule has 1 fully saturated rings. The summed E-state index contributed by atoms with van der Waals surface area (Å²) in [5, 5.41) is 8.11. The van der Waals surface area contributed by atoms with E-state index >= 15 is 0 Å². The van der Waals surface area contributed by atoms with Gasteiger partial charge < -0.3 is 30.0 Å². The van der Waals surface area contributed by atoms with E-state index in [1.165, 1.54) is 6.33 Å². The van der Waals surface area contributed by atoms with Gasteiger partial charge in [0.1, 0.15) is 18.2 Å². The van der Waals surface area contributed by atoms with E-state index < -0.39 is 18.6 Å². The average Bonchev–Trinajstić information content (AvgIpc) is 3.31. The molecule has 3 unspecified atom stereocenters. The number of carbonyl (C=O) groups excluding carboxylic acids is 1. The Labute approximate surface area is 168 Å². The van der Waals surface area contributed by atoms with Crippen molar-refractivity contribution in [2.24, 2.45) is 0 Å². The number of amides is 1. The number of anilines is 1. The summed E-state index contributed by atoms with van der Waals surface area (Å²) in [7, 11) is 3.19. The lowest BCUT2D eigenvalue weighted by molar-refractivity contribution is -0.167. The van der Waals surface area contributed by atoms with Crippen LogP contribution in [0.25, 0.3) is 11.0 Å². The fourth-order valence-electron chi connectivity index (χ4n) is 3.32. The molecule has 3 heterocycles. The molecule has 2 aromatic rings. The van der Waals surface area contributed by atoms with Crippen LogP contribution < -0.4 is 11.1 Å². The second kappa shape index (κ2) is 9.81. The highest BCUT2D eigenvalue weighted by molar-refractivity contribution is 5.88. The van der Waals surface area contributed by atoms with Crippen LogP contribution in [0.2, 0.25) is 0 Å². The number of hydrogen-bond acceptors (Lipinski definition) is 9. The normalized spacial score (nSPS) is 21.6. The summed E-state index contributed by atoms with van der Waals surface area (Å²) in [6.07, 6.45) is 2.51. The average molecular weight is 408 g/mol. The Morgan fingerprint density at radius 2 is 2.21 bits per heavy atom. The van der Waals surface area contributed by atoms with Crippen molar-refractivity contribution in [1.29, 1.82) is 0 Å². The zero-order chi connectivity index (χ0) is 20.8. The van der Waals surface area contributed by atoms with Crippen LogP contribution in [0.3, 0.4) is 0 Å². The number of aryl methyl sites for hydroxylation is 1.